The molecule has 0 heterocycles. The third-order valence-electron chi connectivity index (χ3n) is 4.84. The van der Waals surface area contributed by atoms with Gasteiger partial charge in [0.25, 0.3) is 0 Å². The number of carbonyl (C=O) groups is 4. The van der Waals surface area contributed by atoms with Gasteiger partial charge in [0.05, 0.1) is 20.6 Å². The fourth-order valence-electron chi connectivity index (χ4n) is 2.91. The maximum atomic E-state index is 12.8. The topological polar surface area (TPSA) is 147 Å². The van der Waals surface area contributed by atoms with E-state index in [1.165, 1.54) is 38.1 Å². The smallest absolute Gasteiger partial charge is 0.415 e. The maximum Gasteiger partial charge on any atom is 0.415 e. The molecule has 1 aromatic rings. The summed E-state index contributed by atoms with van der Waals surface area (Å²) in [6.07, 6.45) is -0.384. The number of ether oxygens (including phenoxy) is 3. The van der Waals surface area contributed by atoms with E-state index in [4.69, 9.17) is 19.3 Å². The number of rotatable bonds is 13. The number of aliphatic carboxylic acids is 1. The van der Waals surface area contributed by atoms with Crippen molar-refractivity contribution < 1.29 is 38.5 Å². The Kier molecular flexibility index (Phi) is 12.1. The molecule has 3 N–H and O–H groups in total. The maximum absolute atomic E-state index is 12.8. The van der Waals surface area contributed by atoms with Gasteiger partial charge in [0.1, 0.15) is 0 Å². The number of carbonyl (C=O) groups excluding carboxylic acids is 3. The summed E-state index contributed by atoms with van der Waals surface area (Å²) in [6, 6.07) is 3.39. The van der Waals surface area contributed by atoms with Gasteiger partial charge in [0.15, 0.2) is 11.5 Å². The van der Waals surface area contributed by atoms with Crippen LogP contribution in [-0.4, -0.2) is 100 Å². The highest BCUT2D eigenvalue weighted by Crippen LogP contribution is 2.38. The van der Waals surface area contributed by atoms with Crippen molar-refractivity contribution in [2.45, 2.75) is 13.3 Å². The molecule has 0 aliphatic rings. The van der Waals surface area contributed by atoms with E-state index in [9.17, 15) is 19.2 Å². The minimum atomic E-state index is -1.34. The van der Waals surface area contributed by atoms with Crippen LogP contribution in [-0.2, 0) is 14.4 Å². The summed E-state index contributed by atoms with van der Waals surface area (Å²) >= 11 is 0. The van der Waals surface area contributed by atoms with Crippen LogP contribution < -0.4 is 24.8 Å². The molecular weight excluding hydrogens is 460 g/mol. The molecule has 194 valence electrons. The summed E-state index contributed by atoms with van der Waals surface area (Å²) in [5.41, 5.74) is 0.675. The number of carboxylic acid groups (broad SMARTS) is 1. The average Bonchev–Trinajstić information content (AvgIpc) is 2.81. The highest BCUT2D eigenvalue weighted by atomic mass is 16.6. The van der Waals surface area contributed by atoms with E-state index in [0.29, 0.717) is 30.7 Å². The van der Waals surface area contributed by atoms with Gasteiger partial charge in [-0.05, 0) is 31.7 Å². The van der Waals surface area contributed by atoms with Crippen molar-refractivity contribution in [3.8, 4) is 17.2 Å². The van der Waals surface area contributed by atoms with Crippen molar-refractivity contribution >= 4 is 23.9 Å². The van der Waals surface area contributed by atoms with Gasteiger partial charge in [0, 0.05) is 51.9 Å². The van der Waals surface area contributed by atoms with E-state index in [-0.39, 0.29) is 30.8 Å². The molecule has 12 nitrogen and oxygen atoms in total. The number of benzene rings is 1. The monoisotopic (exact) mass is 494 g/mol. The molecule has 0 atom stereocenters. The summed E-state index contributed by atoms with van der Waals surface area (Å²) in [5, 5.41) is 14.6. The van der Waals surface area contributed by atoms with Gasteiger partial charge < -0.3 is 39.8 Å². The zero-order chi connectivity index (χ0) is 26.5. The van der Waals surface area contributed by atoms with Crippen molar-refractivity contribution in [1.82, 2.24) is 20.4 Å². The molecule has 1 aromatic carbocycles. The minimum absolute atomic E-state index is 0.0605. The van der Waals surface area contributed by atoms with Crippen LogP contribution in [0.3, 0.4) is 0 Å². The molecule has 0 saturated carbocycles. The molecule has 0 aliphatic heterocycles. The average molecular weight is 495 g/mol. The number of nitrogens with zero attached hydrogens (tertiary/aromatic N) is 2. The predicted molar refractivity (Wildman–Crippen MR) is 128 cm³/mol. The molecule has 0 saturated heterocycles. The van der Waals surface area contributed by atoms with Gasteiger partial charge in [0.2, 0.25) is 17.6 Å². The van der Waals surface area contributed by atoms with Crippen molar-refractivity contribution in [2.75, 3.05) is 61.5 Å². The second kappa shape index (κ2) is 14.5. The summed E-state index contributed by atoms with van der Waals surface area (Å²) in [6.45, 7) is 2.84. The zero-order valence-corrected chi connectivity index (χ0v) is 21.0. The first-order valence-electron chi connectivity index (χ1n) is 10.8. The number of hydrogen-bond acceptors (Lipinski definition) is 8. The normalized spacial score (nSPS) is 10.9. The summed E-state index contributed by atoms with van der Waals surface area (Å²) < 4.78 is 16.0. The lowest BCUT2D eigenvalue weighted by Gasteiger charge is -2.23. The van der Waals surface area contributed by atoms with Crippen molar-refractivity contribution in [1.29, 1.82) is 0 Å². The molecule has 0 unspecified atom stereocenters. The van der Waals surface area contributed by atoms with Crippen LogP contribution >= 0.6 is 0 Å². The molecular formula is C23H34N4O8. The van der Waals surface area contributed by atoms with Gasteiger partial charge in [-0.15, -0.1) is 0 Å². The molecule has 12 heteroatoms. The second-order valence-corrected chi connectivity index (χ2v) is 7.65. The van der Waals surface area contributed by atoms with Crippen molar-refractivity contribution in [3.63, 3.8) is 0 Å². The Bertz CT molecular complexity index is 922. The lowest BCUT2D eigenvalue weighted by Crippen LogP contribution is -2.40. The lowest BCUT2D eigenvalue weighted by molar-refractivity contribution is -0.132. The van der Waals surface area contributed by atoms with E-state index in [1.807, 2.05) is 6.92 Å². The molecule has 0 aromatic heterocycles. The number of amides is 3. The van der Waals surface area contributed by atoms with Gasteiger partial charge in [-0.2, -0.15) is 0 Å². The van der Waals surface area contributed by atoms with E-state index in [2.05, 4.69) is 10.6 Å². The number of hydrogen-bond donors (Lipinski definition) is 3. The number of carboxylic acids is 1. The largest absolute Gasteiger partial charge is 0.493 e. The first-order valence-corrected chi connectivity index (χ1v) is 10.8. The SMILES string of the molecule is CNCCNC(=O)C/C(=C/C(=O)O)C(=O)N(C)CCN(C)C(=O)Oc1c(OC)cc(C)cc1OC. The first-order chi connectivity index (χ1) is 16.5. The highest BCUT2D eigenvalue weighted by molar-refractivity contribution is 6.02. The molecule has 3 amide bonds. The highest BCUT2D eigenvalue weighted by Gasteiger charge is 2.22. The minimum Gasteiger partial charge on any atom is -0.493 e. The van der Waals surface area contributed by atoms with Crippen LogP contribution in [0.4, 0.5) is 4.79 Å². The first kappa shape index (κ1) is 29.2. The Morgan fingerprint density at radius 3 is 2.09 bits per heavy atom. The van der Waals surface area contributed by atoms with Gasteiger partial charge >= 0.3 is 12.1 Å². The summed E-state index contributed by atoms with van der Waals surface area (Å²) in [7, 11) is 7.54. The van der Waals surface area contributed by atoms with Gasteiger partial charge in [-0.25, -0.2) is 9.59 Å². The van der Waals surface area contributed by atoms with Gasteiger partial charge in [-0.3, -0.25) is 9.59 Å². The summed E-state index contributed by atoms with van der Waals surface area (Å²) in [5.74, 6) is -1.68. The molecule has 0 radical (unpaired) electrons. The number of nitrogens with one attached hydrogen (secondary N) is 2. The van der Waals surface area contributed by atoms with Crippen LogP contribution in [0.2, 0.25) is 0 Å². The zero-order valence-electron chi connectivity index (χ0n) is 21.0. The molecule has 0 bridgehead atoms. The predicted octanol–water partition coefficient (Wildman–Crippen LogP) is 0.638. The fraction of sp³-hybridized carbons (Fsp3) is 0.478. The van der Waals surface area contributed by atoms with E-state index < -0.39 is 23.9 Å². The standard InChI is InChI=1S/C23H34N4O8/c1-15-11-17(33-5)21(18(12-15)34-6)35-23(32)27(4)10-9-26(3)22(31)16(14-20(29)30)13-19(28)25-8-7-24-2/h11-12,14,24H,7-10,13H2,1-6H3,(H,25,28)(H,29,30)/b16-14-. The molecule has 0 aliphatic carbocycles. The summed E-state index contributed by atoms with van der Waals surface area (Å²) in [4.78, 5) is 51.0. The van der Waals surface area contributed by atoms with E-state index >= 15 is 0 Å². The Morgan fingerprint density at radius 2 is 1.57 bits per heavy atom. The fourth-order valence-corrected chi connectivity index (χ4v) is 2.91. The lowest BCUT2D eigenvalue weighted by atomic mass is 10.1. The molecule has 0 fully saturated rings. The third kappa shape index (κ3) is 9.53. The van der Waals surface area contributed by atoms with Crippen LogP contribution in [0, 0.1) is 6.92 Å². The Hall–Kier alpha value is -3.80. The quantitative estimate of drug-likeness (QED) is 0.265. The molecule has 0 spiro atoms. The van der Waals surface area contributed by atoms with Crippen LogP contribution in [0.25, 0.3) is 0 Å². The number of likely N-dealkylation sites (N-methyl/N-ethyl adjacent to an activating group) is 3. The Balaban J connectivity index is 2.80. The third-order valence-corrected chi connectivity index (χ3v) is 4.84. The van der Waals surface area contributed by atoms with Crippen molar-refractivity contribution in [2.24, 2.45) is 0 Å². The number of aryl methyl sites for hydroxylation is 1. The number of methoxy groups -OCH3 is 2. The van der Waals surface area contributed by atoms with Crippen LogP contribution in [0.1, 0.15) is 12.0 Å². The van der Waals surface area contributed by atoms with Crippen molar-refractivity contribution in [3.05, 3.63) is 29.3 Å². The Labute approximate surface area is 204 Å². The van der Waals surface area contributed by atoms with Gasteiger partial charge in [-0.1, -0.05) is 0 Å². The Morgan fingerprint density at radius 1 is 1.00 bits per heavy atom. The van der Waals surface area contributed by atoms with Crippen LogP contribution in [0.5, 0.6) is 17.2 Å². The second-order valence-electron chi connectivity index (χ2n) is 7.65. The van der Waals surface area contributed by atoms with E-state index in [0.717, 1.165) is 5.56 Å². The molecule has 35 heavy (non-hydrogen) atoms. The molecule has 1 rings (SSSR count). The van der Waals surface area contributed by atoms with Crippen LogP contribution in [0.15, 0.2) is 23.8 Å². The van der Waals surface area contributed by atoms with E-state index in [1.54, 1.807) is 19.2 Å².